The number of aliphatic hydroxyl groups is 1. The Morgan fingerprint density at radius 1 is 1.27 bits per heavy atom. The molecule has 0 bridgehead atoms. The van der Waals surface area contributed by atoms with Gasteiger partial charge < -0.3 is 19.3 Å². The van der Waals surface area contributed by atoms with Crippen molar-refractivity contribution in [1.29, 1.82) is 0 Å². The maximum Gasteiger partial charge on any atom is 0.280 e. The molecule has 2 aliphatic heterocycles. The smallest absolute Gasteiger partial charge is 0.280 e. The van der Waals surface area contributed by atoms with Gasteiger partial charge in [-0.2, -0.15) is 4.98 Å². The lowest BCUT2D eigenvalue weighted by molar-refractivity contribution is -0.227. The fraction of sp³-hybridized carbons (Fsp3) is 0.727. The first-order valence-corrected chi connectivity index (χ1v) is 11.7. The molecule has 3 N–H and O–H groups in total. The number of carbonyl (C=O) groups excluding carboxylic acids is 1. The van der Waals surface area contributed by atoms with Crippen LogP contribution < -0.4 is 10.9 Å². The van der Waals surface area contributed by atoms with E-state index in [1.165, 1.54) is 6.33 Å². The van der Waals surface area contributed by atoms with E-state index in [4.69, 9.17) is 14.2 Å². The molecule has 2 saturated heterocycles. The number of nitrogens with one attached hydrogen (secondary N) is 2. The fourth-order valence-electron chi connectivity index (χ4n) is 4.49. The maximum absolute atomic E-state index is 12.6. The number of anilines is 1. The van der Waals surface area contributed by atoms with Crippen molar-refractivity contribution in [2.45, 2.75) is 90.1 Å². The third-order valence-electron chi connectivity index (χ3n) is 6.18. The van der Waals surface area contributed by atoms with Crippen molar-refractivity contribution < 1.29 is 24.1 Å². The molecule has 3 unspecified atom stereocenters. The number of aliphatic hydroxyl groups excluding tert-OH is 1. The Morgan fingerprint density at radius 2 is 2.03 bits per heavy atom. The molecule has 0 aromatic carbocycles. The molecule has 1 amide bonds. The van der Waals surface area contributed by atoms with Gasteiger partial charge in [-0.05, 0) is 6.42 Å². The zero-order valence-corrected chi connectivity index (χ0v) is 19.5. The Hall–Kier alpha value is -2.34. The van der Waals surface area contributed by atoms with Crippen LogP contribution in [0.4, 0.5) is 5.95 Å². The van der Waals surface area contributed by atoms with E-state index < -0.39 is 35.9 Å². The van der Waals surface area contributed by atoms with Gasteiger partial charge >= 0.3 is 0 Å². The summed E-state index contributed by atoms with van der Waals surface area (Å²) in [4.78, 5) is 35.9. The zero-order chi connectivity index (χ0) is 23.8. The predicted octanol–water partition coefficient (Wildman–Crippen LogP) is 2.07. The molecule has 182 valence electrons. The molecule has 2 aromatic heterocycles. The summed E-state index contributed by atoms with van der Waals surface area (Å²) in [6.45, 7) is 7.47. The van der Waals surface area contributed by atoms with Crippen molar-refractivity contribution in [2.75, 3.05) is 11.9 Å². The first-order chi connectivity index (χ1) is 15.8. The van der Waals surface area contributed by atoms with Crippen LogP contribution in [0, 0.1) is 5.92 Å². The molecule has 2 aromatic rings. The summed E-state index contributed by atoms with van der Waals surface area (Å²) in [5.41, 5.74) is -0.0990. The summed E-state index contributed by atoms with van der Waals surface area (Å²) in [6.07, 6.45) is 3.59. The minimum absolute atomic E-state index is 0.0353. The SMILES string of the molecule is CCCC[C@@]1(CCC)OC2C(CO)O[C@@H](n3cnc4c(=O)[nH]c(NC(=O)C(C)C)nc43)C2O1. The quantitative estimate of drug-likeness (QED) is 0.513. The number of amides is 1. The summed E-state index contributed by atoms with van der Waals surface area (Å²) in [6, 6.07) is 0. The van der Waals surface area contributed by atoms with Crippen LogP contribution in [-0.2, 0) is 19.0 Å². The highest BCUT2D eigenvalue weighted by Gasteiger charge is 2.58. The van der Waals surface area contributed by atoms with Crippen LogP contribution in [0.5, 0.6) is 0 Å². The number of imidazole rings is 1. The number of fused-ring (bicyclic) bond motifs is 2. The van der Waals surface area contributed by atoms with Gasteiger partial charge in [-0.25, -0.2) is 4.98 Å². The van der Waals surface area contributed by atoms with E-state index in [-0.39, 0.29) is 35.5 Å². The lowest BCUT2D eigenvalue weighted by atomic mass is 10.0. The average Bonchev–Trinajstić information content (AvgIpc) is 3.44. The summed E-state index contributed by atoms with van der Waals surface area (Å²) < 4.78 is 20.6. The second-order valence-electron chi connectivity index (χ2n) is 9.06. The van der Waals surface area contributed by atoms with Gasteiger partial charge in [-0.3, -0.25) is 24.5 Å². The van der Waals surface area contributed by atoms with Crippen molar-refractivity contribution in [1.82, 2.24) is 19.5 Å². The second kappa shape index (κ2) is 9.49. The second-order valence-corrected chi connectivity index (χ2v) is 9.06. The Morgan fingerprint density at radius 3 is 2.70 bits per heavy atom. The molecule has 4 rings (SSSR count). The minimum atomic E-state index is -0.729. The van der Waals surface area contributed by atoms with Crippen LogP contribution in [0.1, 0.15) is 66.0 Å². The molecule has 0 spiro atoms. The number of aromatic amines is 1. The van der Waals surface area contributed by atoms with E-state index in [1.807, 2.05) is 0 Å². The highest BCUT2D eigenvalue weighted by atomic mass is 16.8. The van der Waals surface area contributed by atoms with Crippen LogP contribution in [0.15, 0.2) is 11.1 Å². The van der Waals surface area contributed by atoms with Gasteiger partial charge in [0, 0.05) is 18.8 Å². The van der Waals surface area contributed by atoms with Gasteiger partial charge in [0.05, 0.1) is 12.9 Å². The fourth-order valence-corrected chi connectivity index (χ4v) is 4.49. The van der Waals surface area contributed by atoms with E-state index in [0.717, 1.165) is 32.1 Å². The number of H-pyrrole nitrogens is 1. The number of unbranched alkanes of at least 4 members (excludes halogenated alkanes) is 1. The molecule has 0 saturated carbocycles. The molecule has 2 fully saturated rings. The van der Waals surface area contributed by atoms with E-state index in [9.17, 15) is 14.7 Å². The van der Waals surface area contributed by atoms with Crippen molar-refractivity contribution in [3.8, 4) is 0 Å². The van der Waals surface area contributed by atoms with Crippen molar-refractivity contribution in [3.63, 3.8) is 0 Å². The van der Waals surface area contributed by atoms with Gasteiger partial charge in [0.25, 0.3) is 5.56 Å². The van der Waals surface area contributed by atoms with E-state index in [2.05, 4.69) is 34.1 Å². The number of aromatic nitrogens is 4. The van der Waals surface area contributed by atoms with Crippen LogP contribution in [0.25, 0.3) is 11.2 Å². The first kappa shape index (κ1) is 23.8. The van der Waals surface area contributed by atoms with Crippen molar-refractivity contribution >= 4 is 23.0 Å². The summed E-state index contributed by atoms with van der Waals surface area (Å²) >= 11 is 0. The molecule has 0 radical (unpaired) electrons. The largest absolute Gasteiger partial charge is 0.394 e. The van der Waals surface area contributed by atoms with E-state index in [1.54, 1.807) is 18.4 Å². The number of hydrogen-bond donors (Lipinski definition) is 3. The maximum atomic E-state index is 12.6. The normalized spacial score (nSPS) is 29.2. The number of hydrogen-bond acceptors (Lipinski definition) is 8. The third kappa shape index (κ3) is 4.42. The van der Waals surface area contributed by atoms with Crippen LogP contribution >= 0.6 is 0 Å². The molecular weight excluding hydrogens is 430 g/mol. The standard InChI is InChI=1S/C22H33N5O6/c1-5-7-9-22(8-6-2)32-15-13(10-28)31-20(16(15)33-22)27-11-23-14-17(27)24-21(26-19(14)30)25-18(29)12(3)4/h11-13,15-16,20,28H,5-10H2,1-4H3,(H2,24,25,26,29,30)/t13?,15?,16?,20-,22+/m1/s1. The Balaban J connectivity index is 1.69. The molecule has 11 heteroatoms. The summed E-state index contributed by atoms with van der Waals surface area (Å²) in [5, 5.41) is 12.6. The predicted molar refractivity (Wildman–Crippen MR) is 120 cm³/mol. The molecule has 2 aliphatic rings. The molecule has 33 heavy (non-hydrogen) atoms. The third-order valence-corrected chi connectivity index (χ3v) is 6.18. The Bertz CT molecular complexity index is 1050. The Kier molecular flexibility index (Phi) is 6.85. The van der Waals surface area contributed by atoms with Crippen LogP contribution in [0.2, 0.25) is 0 Å². The summed E-state index contributed by atoms with van der Waals surface area (Å²) in [7, 11) is 0. The van der Waals surface area contributed by atoms with Gasteiger partial charge in [-0.15, -0.1) is 0 Å². The number of nitrogens with zero attached hydrogens (tertiary/aromatic N) is 3. The van der Waals surface area contributed by atoms with Crippen molar-refractivity contribution in [2.24, 2.45) is 5.92 Å². The zero-order valence-electron chi connectivity index (χ0n) is 19.5. The highest BCUT2D eigenvalue weighted by molar-refractivity contribution is 5.91. The van der Waals surface area contributed by atoms with Gasteiger partial charge in [0.2, 0.25) is 11.9 Å². The summed E-state index contributed by atoms with van der Waals surface area (Å²) in [5.74, 6) is -1.24. The average molecular weight is 464 g/mol. The number of ether oxygens (including phenoxy) is 3. The Labute approximate surface area is 191 Å². The molecule has 5 atom stereocenters. The van der Waals surface area contributed by atoms with Gasteiger partial charge in [-0.1, -0.05) is 40.5 Å². The topological polar surface area (TPSA) is 141 Å². The monoisotopic (exact) mass is 463 g/mol. The van der Waals surface area contributed by atoms with Crippen LogP contribution in [0.3, 0.4) is 0 Å². The van der Waals surface area contributed by atoms with E-state index >= 15 is 0 Å². The number of carbonyl (C=O) groups is 1. The number of rotatable bonds is 9. The molecule has 11 nitrogen and oxygen atoms in total. The lowest BCUT2D eigenvalue weighted by Crippen LogP contribution is -2.35. The lowest BCUT2D eigenvalue weighted by Gasteiger charge is -2.31. The van der Waals surface area contributed by atoms with Crippen molar-refractivity contribution in [3.05, 3.63) is 16.7 Å². The first-order valence-electron chi connectivity index (χ1n) is 11.7. The highest BCUT2D eigenvalue weighted by Crippen LogP contribution is 2.47. The molecule has 4 heterocycles. The van der Waals surface area contributed by atoms with E-state index in [0.29, 0.717) is 0 Å². The minimum Gasteiger partial charge on any atom is -0.394 e. The molecular formula is C22H33N5O6. The van der Waals surface area contributed by atoms with Gasteiger partial charge in [0.1, 0.15) is 18.3 Å². The van der Waals surface area contributed by atoms with Crippen LogP contribution in [-0.4, -0.2) is 61.2 Å². The molecule has 0 aliphatic carbocycles. The van der Waals surface area contributed by atoms with Gasteiger partial charge in [0.15, 0.2) is 23.2 Å².